The molecule has 0 saturated heterocycles. The molecule has 0 radical (unpaired) electrons. The number of nitrogens with zero attached hydrogens (tertiary/aromatic N) is 1. The highest BCUT2D eigenvalue weighted by molar-refractivity contribution is 5.79. The van der Waals surface area contributed by atoms with Crippen LogP contribution >= 0.6 is 0 Å². The van der Waals surface area contributed by atoms with Crippen molar-refractivity contribution in [1.29, 1.82) is 0 Å². The van der Waals surface area contributed by atoms with E-state index in [0.29, 0.717) is 19.0 Å². The zero-order chi connectivity index (χ0) is 16.0. The van der Waals surface area contributed by atoms with Crippen molar-refractivity contribution in [3.05, 3.63) is 30.1 Å². The van der Waals surface area contributed by atoms with Gasteiger partial charge in [-0.3, -0.25) is 4.99 Å². The quantitative estimate of drug-likeness (QED) is 0.395. The maximum absolute atomic E-state index is 12.7. The number of unbranched alkanes of at least 4 members (excludes halogenated alkanes) is 1. The molecule has 0 aliphatic heterocycles. The molecule has 0 saturated carbocycles. The lowest BCUT2D eigenvalue weighted by molar-refractivity contribution is 0.152. The summed E-state index contributed by atoms with van der Waals surface area (Å²) in [5, 5.41) is 6.40. The Bertz CT molecular complexity index is 424. The second kappa shape index (κ2) is 11.8. The third kappa shape index (κ3) is 8.46. The summed E-state index contributed by atoms with van der Waals surface area (Å²) in [5.41, 5.74) is 0. The average Bonchev–Trinajstić information content (AvgIpc) is 2.54. The van der Waals surface area contributed by atoms with Crippen LogP contribution < -0.4 is 15.4 Å². The molecule has 0 unspecified atom stereocenters. The summed E-state index contributed by atoms with van der Waals surface area (Å²) in [6.45, 7) is 5.54. The lowest BCUT2D eigenvalue weighted by atomic mass is 10.3. The molecule has 0 amide bonds. The molecule has 0 aliphatic carbocycles. The molecular weight excluding hydrogens is 285 g/mol. The van der Waals surface area contributed by atoms with Gasteiger partial charge in [-0.15, -0.1) is 0 Å². The van der Waals surface area contributed by atoms with E-state index in [1.165, 1.54) is 12.1 Å². The molecule has 0 aliphatic rings. The summed E-state index contributed by atoms with van der Waals surface area (Å²) in [4.78, 5) is 4.13. The Morgan fingerprint density at radius 1 is 1.09 bits per heavy atom. The van der Waals surface area contributed by atoms with E-state index < -0.39 is 0 Å². The molecule has 0 spiro atoms. The smallest absolute Gasteiger partial charge is 0.191 e. The predicted octanol–water partition coefficient (Wildman–Crippen LogP) is 2.19. The third-order valence-corrected chi connectivity index (χ3v) is 2.91. The van der Waals surface area contributed by atoms with Crippen LogP contribution in [0.3, 0.4) is 0 Å². The Balaban J connectivity index is 2.02. The van der Waals surface area contributed by atoms with E-state index in [1.54, 1.807) is 19.2 Å². The van der Waals surface area contributed by atoms with Gasteiger partial charge in [-0.05, 0) is 44.0 Å². The number of halogens is 1. The molecule has 0 fully saturated rings. The number of nitrogens with one attached hydrogen (secondary N) is 2. The molecule has 0 aromatic heterocycles. The van der Waals surface area contributed by atoms with Crippen LogP contribution in [0.25, 0.3) is 0 Å². The number of benzene rings is 1. The lowest BCUT2D eigenvalue weighted by Crippen LogP contribution is -2.39. The first kappa shape index (κ1) is 18.2. The van der Waals surface area contributed by atoms with Crippen LogP contribution in [0.15, 0.2) is 29.3 Å². The Morgan fingerprint density at radius 2 is 1.82 bits per heavy atom. The maximum Gasteiger partial charge on any atom is 0.191 e. The summed E-state index contributed by atoms with van der Waals surface area (Å²) in [7, 11) is 1.74. The van der Waals surface area contributed by atoms with E-state index >= 15 is 0 Å². The van der Waals surface area contributed by atoms with E-state index in [4.69, 9.17) is 9.47 Å². The molecule has 124 valence electrons. The first-order valence-corrected chi connectivity index (χ1v) is 7.67. The summed E-state index contributed by atoms with van der Waals surface area (Å²) in [6, 6.07) is 6.07. The molecule has 6 heteroatoms. The van der Waals surface area contributed by atoms with Crippen LogP contribution in [-0.2, 0) is 4.74 Å². The van der Waals surface area contributed by atoms with Crippen molar-refractivity contribution in [2.24, 2.45) is 4.99 Å². The van der Waals surface area contributed by atoms with Crippen molar-refractivity contribution in [2.75, 3.05) is 40.0 Å². The molecule has 1 aromatic rings. The average molecular weight is 311 g/mol. The molecule has 1 rings (SSSR count). The first-order chi connectivity index (χ1) is 10.8. The fourth-order valence-corrected chi connectivity index (χ4v) is 1.76. The van der Waals surface area contributed by atoms with Crippen molar-refractivity contribution >= 4 is 5.96 Å². The SMILES string of the molecule is CCOCCNC(=NC)NCCCCOc1ccc(F)cc1. The highest BCUT2D eigenvalue weighted by Gasteiger charge is 1.97. The lowest BCUT2D eigenvalue weighted by Gasteiger charge is -2.12. The summed E-state index contributed by atoms with van der Waals surface area (Å²) in [5.74, 6) is 1.22. The van der Waals surface area contributed by atoms with Crippen LogP contribution in [0.1, 0.15) is 19.8 Å². The Morgan fingerprint density at radius 3 is 2.50 bits per heavy atom. The predicted molar refractivity (Wildman–Crippen MR) is 87.0 cm³/mol. The second-order valence-corrected chi connectivity index (χ2v) is 4.63. The van der Waals surface area contributed by atoms with Gasteiger partial charge in [-0.25, -0.2) is 4.39 Å². The molecule has 0 atom stereocenters. The van der Waals surface area contributed by atoms with Gasteiger partial charge in [-0.1, -0.05) is 0 Å². The monoisotopic (exact) mass is 311 g/mol. The summed E-state index contributed by atoms with van der Waals surface area (Å²) < 4.78 is 23.5. The molecule has 1 aromatic carbocycles. The fourth-order valence-electron chi connectivity index (χ4n) is 1.76. The number of rotatable bonds is 10. The Kier molecular flexibility index (Phi) is 9.78. The van der Waals surface area contributed by atoms with Crippen LogP contribution in [0.2, 0.25) is 0 Å². The van der Waals surface area contributed by atoms with Crippen molar-refractivity contribution in [1.82, 2.24) is 10.6 Å². The number of ether oxygens (including phenoxy) is 2. The van der Waals surface area contributed by atoms with Gasteiger partial charge in [0.05, 0.1) is 13.2 Å². The van der Waals surface area contributed by atoms with E-state index in [0.717, 1.165) is 38.5 Å². The maximum atomic E-state index is 12.7. The first-order valence-electron chi connectivity index (χ1n) is 7.67. The Labute approximate surface area is 131 Å². The van der Waals surface area contributed by atoms with Crippen LogP contribution in [-0.4, -0.2) is 45.9 Å². The van der Waals surface area contributed by atoms with Gasteiger partial charge in [0.1, 0.15) is 11.6 Å². The molecule has 2 N–H and O–H groups in total. The zero-order valence-corrected chi connectivity index (χ0v) is 13.4. The number of guanidine groups is 1. The highest BCUT2D eigenvalue weighted by Crippen LogP contribution is 2.11. The molecule has 22 heavy (non-hydrogen) atoms. The third-order valence-electron chi connectivity index (χ3n) is 2.91. The zero-order valence-electron chi connectivity index (χ0n) is 13.4. The molecule has 0 heterocycles. The molecular formula is C16H26FN3O2. The van der Waals surface area contributed by atoms with Crippen molar-refractivity contribution in [3.8, 4) is 5.75 Å². The van der Waals surface area contributed by atoms with Gasteiger partial charge in [0, 0.05) is 26.7 Å². The van der Waals surface area contributed by atoms with Gasteiger partial charge in [0.15, 0.2) is 5.96 Å². The van der Waals surface area contributed by atoms with Gasteiger partial charge in [-0.2, -0.15) is 0 Å². The van der Waals surface area contributed by atoms with Gasteiger partial charge < -0.3 is 20.1 Å². The Hall–Kier alpha value is -1.82. The second-order valence-electron chi connectivity index (χ2n) is 4.63. The number of hydrogen-bond donors (Lipinski definition) is 2. The van der Waals surface area contributed by atoms with E-state index in [9.17, 15) is 4.39 Å². The van der Waals surface area contributed by atoms with Crippen molar-refractivity contribution in [3.63, 3.8) is 0 Å². The highest BCUT2D eigenvalue weighted by atomic mass is 19.1. The minimum Gasteiger partial charge on any atom is -0.494 e. The number of hydrogen-bond acceptors (Lipinski definition) is 3. The van der Waals surface area contributed by atoms with Crippen LogP contribution in [0.4, 0.5) is 4.39 Å². The van der Waals surface area contributed by atoms with Crippen LogP contribution in [0.5, 0.6) is 5.75 Å². The summed E-state index contributed by atoms with van der Waals surface area (Å²) >= 11 is 0. The normalized spacial score (nSPS) is 11.3. The summed E-state index contributed by atoms with van der Waals surface area (Å²) in [6.07, 6.45) is 1.88. The van der Waals surface area contributed by atoms with Crippen molar-refractivity contribution < 1.29 is 13.9 Å². The van der Waals surface area contributed by atoms with E-state index in [-0.39, 0.29) is 5.82 Å². The molecule has 0 bridgehead atoms. The molecule has 5 nitrogen and oxygen atoms in total. The minimum absolute atomic E-state index is 0.250. The number of aliphatic imine (C=N–C) groups is 1. The van der Waals surface area contributed by atoms with Gasteiger partial charge >= 0.3 is 0 Å². The van der Waals surface area contributed by atoms with E-state index in [2.05, 4.69) is 15.6 Å². The van der Waals surface area contributed by atoms with Gasteiger partial charge in [0.2, 0.25) is 0 Å². The van der Waals surface area contributed by atoms with Crippen LogP contribution in [0, 0.1) is 5.82 Å². The largest absolute Gasteiger partial charge is 0.494 e. The van der Waals surface area contributed by atoms with Gasteiger partial charge in [0.25, 0.3) is 0 Å². The van der Waals surface area contributed by atoms with Crippen molar-refractivity contribution in [2.45, 2.75) is 19.8 Å². The van der Waals surface area contributed by atoms with E-state index in [1.807, 2.05) is 6.92 Å². The topological polar surface area (TPSA) is 54.9 Å². The minimum atomic E-state index is -0.250. The standard InChI is InChI=1S/C16H26FN3O2/c1-3-21-13-11-20-16(18-2)19-10-4-5-12-22-15-8-6-14(17)7-9-15/h6-9H,3-5,10-13H2,1-2H3,(H2,18,19,20). The fraction of sp³-hybridized carbons (Fsp3) is 0.562.